The normalized spacial score (nSPS) is 16.7. The van der Waals surface area contributed by atoms with E-state index in [0.717, 1.165) is 36.8 Å². The second-order valence-corrected chi connectivity index (χ2v) is 10.1. The van der Waals surface area contributed by atoms with Gasteiger partial charge in [0.1, 0.15) is 12.4 Å². The molecular formula is C29H33N5O5. The molecule has 5 rings (SSSR count). The Bertz CT molecular complexity index is 1430. The van der Waals surface area contributed by atoms with E-state index in [0.29, 0.717) is 29.4 Å². The van der Waals surface area contributed by atoms with Gasteiger partial charge in [-0.15, -0.1) is 0 Å². The number of hydrogen-bond acceptors (Lipinski definition) is 6. The van der Waals surface area contributed by atoms with E-state index in [1.807, 2.05) is 42.2 Å². The summed E-state index contributed by atoms with van der Waals surface area (Å²) in [4.78, 5) is 45.3. The summed E-state index contributed by atoms with van der Waals surface area (Å²) in [7, 11) is 1.50. The van der Waals surface area contributed by atoms with Gasteiger partial charge >= 0.3 is 6.09 Å². The summed E-state index contributed by atoms with van der Waals surface area (Å²) < 4.78 is 7.55. The molecule has 1 aliphatic heterocycles. The third kappa shape index (κ3) is 5.74. The van der Waals surface area contributed by atoms with Gasteiger partial charge in [-0.2, -0.15) is 0 Å². The molecule has 2 amide bonds. The zero-order valence-corrected chi connectivity index (χ0v) is 22.2. The maximum absolute atomic E-state index is 13.8. The van der Waals surface area contributed by atoms with Crippen molar-refractivity contribution in [3.8, 4) is 11.4 Å². The van der Waals surface area contributed by atoms with Gasteiger partial charge in [0.15, 0.2) is 5.82 Å². The van der Waals surface area contributed by atoms with Crippen molar-refractivity contribution in [2.75, 3.05) is 31.6 Å². The van der Waals surface area contributed by atoms with E-state index in [1.54, 1.807) is 29.1 Å². The van der Waals surface area contributed by atoms with E-state index >= 15 is 0 Å². The van der Waals surface area contributed by atoms with E-state index in [-0.39, 0.29) is 36.7 Å². The number of carboxylic acid groups (broad SMARTS) is 1. The first kappa shape index (κ1) is 26.3. The fraction of sp³-hybridized carbons (Fsp3) is 0.379. The van der Waals surface area contributed by atoms with E-state index in [1.165, 1.54) is 11.9 Å². The lowest BCUT2D eigenvalue weighted by atomic mass is 10.0. The average molecular weight is 532 g/mol. The van der Waals surface area contributed by atoms with Crippen LogP contribution in [-0.4, -0.2) is 64.3 Å². The molecule has 2 N–H and O–H groups in total. The van der Waals surface area contributed by atoms with E-state index in [2.05, 4.69) is 10.3 Å². The van der Waals surface area contributed by atoms with Gasteiger partial charge in [-0.05, 0) is 56.4 Å². The largest absolute Gasteiger partial charge is 0.491 e. The van der Waals surface area contributed by atoms with Crippen molar-refractivity contribution in [1.82, 2.24) is 19.8 Å². The smallest absolute Gasteiger partial charge is 0.407 e. The molecule has 1 aliphatic carbocycles. The summed E-state index contributed by atoms with van der Waals surface area (Å²) in [5, 5.41) is 12.1. The highest BCUT2D eigenvalue weighted by molar-refractivity contribution is 5.95. The Morgan fingerprint density at radius 1 is 1.18 bits per heavy atom. The number of aryl methyl sites for hydroxylation is 1. The number of anilines is 1. The zero-order chi connectivity index (χ0) is 27.5. The number of rotatable bonds is 9. The molecule has 0 spiro atoms. The zero-order valence-electron chi connectivity index (χ0n) is 22.2. The Hall–Kier alpha value is -4.34. The van der Waals surface area contributed by atoms with Crippen molar-refractivity contribution < 1.29 is 19.4 Å². The van der Waals surface area contributed by atoms with Crippen molar-refractivity contribution in [2.24, 2.45) is 0 Å². The van der Waals surface area contributed by atoms with Gasteiger partial charge in [-0.25, -0.2) is 9.78 Å². The van der Waals surface area contributed by atoms with E-state index in [4.69, 9.17) is 9.84 Å². The molecule has 0 bridgehead atoms. The molecule has 0 radical (unpaired) electrons. The number of carbonyl (C=O) groups excluding carboxylic acids is 1. The second kappa shape index (κ2) is 11.2. The molecule has 2 aliphatic rings. The summed E-state index contributed by atoms with van der Waals surface area (Å²) in [6, 6.07) is 13.2. The van der Waals surface area contributed by atoms with Crippen LogP contribution in [0.5, 0.6) is 5.75 Å². The van der Waals surface area contributed by atoms with Crippen LogP contribution in [0.1, 0.15) is 53.2 Å². The van der Waals surface area contributed by atoms with Crippen LogP contribution in [0, 0.1) is 6.92 Å². The van der Waals surface area contributed by atoms with Gasteiger partial charge < -0.3 is 25.0 Å². The number of nitrogens with zero attached hydrogens (tertiary/aromatic N) is 4. The van der Waals surface area contributed by atoms with Gasteiger partial charge in [0.2, 0.25) is 0 Å². The topological polar surface area (TPSA) is 117 Å². The number of hydrogen-bond donors (Lipinski definition) is 2. The van der Waals surface area contributed by atoms with E-state index in [9.17, 15) is 14.4 Å². The number of nitrogens with one attached hydrogen (secondary N) is 1. The molecule has 39 heavy (non-hydrogen) atoms. The molecule has 2 fully saturated rings. The summed E-state index contributed by atoms with van der Waals surface area (Å²) in [5.41, 5.74) is 2.72. The molecule has 1 unspecified atom stereocenters. The molecule has 1 saturated heterocycles. The molecule has 204 valence electrons. The van der Waals surface area contributed by atoms with Gasteiger partial charge in [-0.1, -0.05) is 24.3 Å². The molecule has 2 heterocycles. The molecule has 2 aromatic carbocycles. The third-order valence-corrected chi connectivity index (χ3v) is 7.28. The summed E-state index contributed by atoms with van der Waals surface area (Å²) in [5.74, 6) is 0.870. The van der Waals surface area contributed by atoms with E-state index < -0.39 is 6.09 Å². The van der Waals surface area contributed by atoms with Crippen molar-refractivity contribution in [1.29, 1.82) is 0 Å². The lowest BCUT2D eigenvalue weighted by Gasteiger charge is -2.27. The Labute approximate surface area is 226 Å². The van der Waals surface area contributed by atoms with Crippen LogP contribution >= 0.6 is 0 Å². The van der Waals surface area contributed by atoms with Crippen LogP contribution in [0.4, 0.5) is 10.6 Å². The minimum absolute atomic E-state index is 0.119. The highest BCUT2D eigenvalue weighted by Gasteiger charge is 2.31. The highest BCUT2D eigenvalue weighted by atomic mass is 16.5. The minimum Gasteiger partial charge on any atom is -0.491 e. The molecule has 1 atom stereocenters. The van der Waals surface area contributed by atoms with Crippen molar-refractivity contribution in [2.45, 2.75) is 44.7 Å². The predicted octanol–water partition coefficient (Wildman–Crippen LogP) is 3.76. The lowest BCUT2D eigenvalue weighted by Crippen LogP contribution is -2.33. The third-order valence-electron chi connectivity index (χ3n) is 7.28. The highest BCUT2D eigenvalue weighted by Crippen LogP contribution is 2.38. The SMILES string of the molecule is Cc1ccc(C(=O)NC2CC2)cc1-n1ccnc(N2CCCC2c2ccccc2OCCN(C)C(=O)O)c1=O. The maximum atomic E-state index is 13.8. The fourth-order valence-corrected chi connectivity index (χ4v) is 4.91. The van der Waals surface area contributed by atoms with Gasteiger partial charge in [0.25, 0.3) is 11.5 Å². The van der Waals surface area contributed by atoms with Crippen LogP contribution in [0.3, 0.4) is 0 Å². The molecular weight excluding hydrogens is 498 g/mol. The molecule has 3 aromatic rings. The number of benzene rings is 2. The number of amides is 2. The number of para-hydroxylation sites is 1. The molecule has 10 heteroatoms. The molecule has 1 aromatic heterocycles. The predicted molar refractivity (Wildman–Crippen MR) is 147 cm³/mol. The molecule has 1 saturated carbocycles. The first-order chi connectivity index (χ1) is 18.8. The second-order valence-electron chi connectivity index (χ2n) is 10.1. The van der Waals surface area contributed by atoms with Gasteiger partial charge in [-0.3, -0.25) is 14.2 Å². The Balaban J connectivity index is 1.42. The first-order valence-corrected chi connectivity index (χ1v) is 13.3. The monoisotopic (exact) mass is 531 g/mol. The Morgan fingerprint density at radius 2 is 1.97 bits per heavy atom. The lowest BCUT2D eigenvalue weighted by molar-refractivity contribution is 0.0951. The van der Waals surface area contributed by atoms with Crippen LogP contribution in [0.25, 0.3) is 5.69 Å². The Kier molecular flexibility index (Phi) is 7.53. The van der Waals surface area contributed by atoms with Crippen molar-refractivity contribution in [3.05, 3.63) is 81.9 Å². The van der Waals surface area contributed by atoms with Crippen LogP contribution in [0.15, 0.2) is 59.7 Å². The van der Waals surface area contributed by atoms with Crippen molar-refractivity contribution in [3.63, 3.8) is 0 Å². The van der Waals surface area contributed by atoms with Gasteiger partial charge in [0, 0.05) is 43.2 Å². The van der Waals surface area contributed by atoms with Crippen LogP contribution < -0.4 is 20.5 Å². The van der Waals surface area contributed by atoms with Crippen molar-refractivity contribution >= 4 is 17.8 Å². The average Bonchev–Trinajstić information content (AvgIpc) is 3.61. The van der Waals surface area contributed by atoms with Gasteiger partial charge in [0.05, 0.1) is 18.3 Å². The molecule has 10 nitrogen and oxygen atoms in total. The maximum Gasteiger partial charge on any atom is 0.407 e. The standard InChI is InChI=1S/C29H33N5O5/c1-19-9-10-20(27(35)31-21-11-12-21)18-24(19)34-15-13-30-26(28(34)36)33-14-5-7-23(33)22-6-3-4-8-25(22)39-17-16-32(2)29(37)38/h3-4,6,8-10,13,15,18,21,23H,5,7,11-12,14,16-17H2,1-2H3,(H,31,35)(H,37,38). The first-order valence-electron chi connectivity index (χ1n) is 13.3. The number of ether oxygens (including phenoxy) is 1. The van der Waals surface area contributed by atoms with Crippen LogP contribution in [0.2, 0.25) is 0 Å². The number of likely N-dealkylation sites (N-methyl/N-ethyl adjacent to an activating group) is 1. The quantitative estimate of drug-likeness (QED) is 0.432. The summed E-state index contributed by atoms with van der Waals surface area (Å²) in [6.07, 6.45) is 5.95. The number of aromatic nitrogens is 2. The minimum atomic E-state index is -1.01. The fourth-order valence-electron chi connectivity index (χ4n) is 4.91. The number of carbonyl (C=O) groups is 2. The summed E-state index contributed by atoms with van der Waals surface area (Å²) >= 11 is 0. The Morgan fingerprint density at radius 3 is 2.74 bits per heavy atom. The van der Waals surface area contributed by atoms with Crippen LogP contribution in [-0.2, 0) is 0 Å². The summed E-state index contributed by atoms with van der Waals surface area (Å²) in [6.45, 7) is 3.03.